The van der Waals surface area contributed by atoms with E-state index in [2.05, 4.69) is 5.32 Å². The van der Waals surface area contributed by atoms with E-state index in [1.54, 1.807) is 38.5 Å². The molecule has 0 spiro atoms. The van der Waals surface area contributed by atoms with Crippen molar-refractivity contribution in [3.63, 3.8) is 0 Å². The molecular weight excluding hydrogens is 416 g/mol. The highest BCUT2D eigenvalue weighted by molar-refractivity contribution is 6.46. The summed E-state index contributed by atoms with van der Waals surface area (Å²) in [4.78, 5) is 28.4. The van der Waals surface area contributed by atoms with Gasteiger partial charge in [-0.2, -0.15) is 0 Å². The molecule has 0 saturated heterocycles. The Morgan fingerprint density at radius 3 is 1.94 bits per heavy atom. The molecule has 1 aliphatic rings. The zero-order valence-electron chi connectivity index (χ0n) is 19.4. The topological polar surface area (TPSA) is 67.9 Å². The van der Waals surface area contributed by atoms with E-state index in [0.29, 0.717) is 34.0 Å². The van der Waals surface area contributed by atoms with E-state index in [1.165, 1.54) is 4.90 Å². The summed E-state index contributed by atoms with van der Waals surface area (Å²) in [5.74, 6) is 0.347. The number of nitrogens with zero attached hydrogens (tertiary/aromatic N) is 1. The quantitative estimate of drug-likeness (QED) is 0.543. The molecular formula is C27H26N2O4. The van der Waals surface area contributed by atoms with Crippen LogP contribution in [0.4, 0.5) is 11.4 Å². The number of imide groups is 1. The van der Waals surface area contributed by atoms with Gasteiger partial charge in [0.2, 0.25) is 0 Å². The molecule has 168 valence electrons. The molecule has 1 heterocycles. The monoisotopic (exact) mass is 442 g/mol. The minimum atomic E-state index is -0.416. The summed E-state index contributed by atoms with van der Waals surface area (Å²) in [6, 6.07) is 18.4. The van der Waals surface area contributed by atoms with Crippen LogP contribution in [0.3, 0.4) is 0 Å². The third-order valence-electron chi connectivity index (χ3n) is 5.79. The summed E-state index contributed by atoms with van der Waals surface area (Å²) in [5.41, 5.74) is 5.47. The van der Waals surface area contributed by atoms with Crippen molar-refractivity contribution >= 4 is 28.8 Å². The Balaban J connectivity index is 1.83. The Kier molecular flexibility index (Phi) is 5.92. The van der Waals surface area contributed by atoms with E-state index in [0.717, 1.165) is 16.7 Å². The van der Waals surface area contributed by atoms with Crippen LogP contribution in [0.2, 0.25) is 0 Å². The van der Waals surface area contributed by atoms with Crippen molar-refractivity contribution in [2.24, 2.45) is 0 Å². The molecule has 6 nitrogen and oxygen atoms in total. The van der Waals surface area contributed by atoms with Crippen LogP contribution in [0, 0.1) is 20.8 Å². The van der Waals surface area contributed by atoms with Gasteiger partial charge in [-0.25, -0.2) is 4.90 Å². The van der Waals surface area contributed by atoms with Crippen LogP contribution in [0.5, 0.6) is 11.5 Å². The lowest BCUT2D eigenvalue weighted by molar-refractivity contribution is -0.120. The highest BCUT2D eigenvalue weighted by Gasteiger charge is 2.40. The minimum Gasteiger partial charge on any atom is -0.497 e. The van der Waals surface area contributed by atoms with Crippen LogP contribution < -0.4 is 19.7 Å². The number of carbonyl (C=O) groups is 2. The van der Waals surface area contributed by atoms with Gasteiger partial charge in [0.25, 0.3) is 11.8 Å². The third-order valence-corrected chi connectivity index (χ3v) is 5.79. The van der Waals surface area contributed by atoms with E-state index in [1.807, 2.05) is 57.2 Å². The minimum absolute atomic E-state index is 0.206. The number of carbonyl (C=O) groups excluding carboxylic acids is 2. The number of hydrogen-bond donors (Lipinski definition) is 1. The maximum absolute atomic E-state index is 13.6. The van der Waals surface area contributed by atoms with Gasteiger partial charge in [-0.15, -0.1) is 0 Å². The van der Waals surface area contributed by atoms with Gasteiger partial charge in [0.05, 0.1) is 25.5 Å². The Morgan fingerprint density at radius 1 is 0.727 bits per heavy atom. The SMILES string of the molecule is COc1cc(NC2=C(c3ccc(C)cc3)C(=O)N(c3ccc(C)c(C)c3)C2=O)cc(OC)c1. The Bertz CT molecular complexity index is 1250. The summed E-state index contributed by atoms with van der Waals surface area (Å²) >= 11 is 0. The first-order valence-corrected chi connectivity index (χ1v) is 10.6. The smallest absolute Gasteiger partial charge is 0.282 e. The Morgan fingerprint density at radius 2 is 1.36 bits per heavy atom. The van der Waals surface area contributed by atoms with Crippen molar-refractivity contribution in [1.29, 1.82) is 0 Å². The van der Waals surface area contributed by atoms with E-state index in [9.17, 15) is 9.59 Å². The van der Waals surface area contributed by atoms with Crippen molar-refractivity contribution in [2.45, 2.75) is 20.8 Å². The number of hydrogen-bond acceptors (Lipinski definition) is 5. The van der Waals surface area contributed by atoms with Crippen molar-refractivity contribution in [2.75, 3.05) is 24.4 Å². The first-order valence-electron chi connectivity index (χ1n) is 10.6. The van der Waals surface area contributed by atoms with E-state index >= 15 is 0 Å². The molecule has 3 aromatic rings. The predicted molar refractivity (Wildman–Crippen MR) is 130 cm³/mol. The van der Waals surface area contributed by atoms with Crippen LogP contribution >= 0.6 is 0 Å². The molecule has 1 N–H and O–H groups in total. The highest BCUT2D eigenvalue weighted by Crippen LogP contribution is 2.36. The number of anilines is 2. The predicted octanol–water partition coefficient (Wildman–Crippen LogP) is 5.03. The van der Waals surface area contributed by atoms with Gasteiger partial charge in [-0.1, -0.05) is 35.9 Å². The zero-order valence-corrected chi connectivity index (χ0v) is 19.4. The Labute approximate surface area is 193 Å². The average Bonchev–Trinajstić information content (AvgIpc) is 3.05. The van der Waals surface area contributed by atoms with E-state index < -0.39 is 5.91 Å². The summed E-state index contributed by atoms with van der Waals surface area (Å²) in [7, 11) is 3.11. The van der Waals surface area contributed by atoms with Crippen LogP contribution in [0.15, 0.2) is 66.4 Å². The number of benzene rings is 3. The van der Waals surface area contributed by atoms with E-state index in [-0.39, 0.29) is 11.6 Å². The van der Waals surface area contributed by atoms with Gasteiger partial charge >= 0.3 is 0 Å². The number of ether oxygens (including phenoxy) is 2. The fourth-order valence-electron chi connectivity index (χ4n) is 3.76. The van der Waals surface area contributed by atoms with E-state index in [4.69, 9.17) is 9.47 Å². The van der Waals surface area contributed by atoms with Crippen molar-refractivity contribution in [3.8, 4) is 11.5 Å². The van der Waals surface area contributed by atoms with Gasteiger partial charge < -0.3 is 14.8 Å². The lowest BCUT2D eigenvalue weighted by Gasteiger charge is -2.17. The normalized spacial score (nSPS) is 13.5. The molecule has 0 aromatic heterocycles. The second-order valence-corrected chi connectivity index (χ2v) is 8.06. The van der Waals surface area contributed by atoms with Crippen molar-refractivity contribution < 1.29 is 19.1 Å². The molecule has 0 aliphatic carbocycles. The largest absolute Gasteiger partial charge is 0.497 e. The molecule has 6 heteroatoms. The molecule has 1 aliphatic heterocycles. The molecule has 3 aromatic carbocycles. The third kappa shape index (κ3) is 4.20. The second kappa shape index (κ2) is 8.82. The highest BCUT2D eigenvalue weighted by atomic mass is 16.5. The zero-order chi connectivity index (χ0) is 23.7. The number of nitrogens with one attached hydrogen (secondary N) is 1. The second-order valence-electron chi connectivity index (χ2n) is 8.06. The number of rotatable bonds is 6. The summed E-state index contributed by atoms with van der Waals surface area (Å²) in [6.07, 6.45) is 0. The van der Waals surface area contributed by atoms with Crippen molar-refractivity contribution in [3.05, 3.63) is 88.6 Å². The van der Waals surface area contributed by atoms with Gasteiger partial charge in [0.1, 0.15) is 17.2 Å². The summed E-state index contributed by atoms with van der Waals surface area (Å²) < 4.78 is 10.7. The fraction of sp³-hybridized carbons (Fsp3) is 0.185. The van der Waals surface area contributed by atoms with Crippen LogP contribution in [-0.2, 0) is 9.59 Å². The standard InChI is InChI=1S/C27H26N2O4/c1-16-6-9-19(10-7-16)24-25(28-20-13-22(32-4)15-23(14-20)33-5)27(31)29(26(24)30)21-11-8-17(2)18(3)12-21/h6-15,28H,1-5H3. The van der Waals surface area contributed by atoms with Crippen molar-refractivity contribution in [1.82, 2.24) is 0 Å². The number of amides is 2. The van der Waals surface area contributed by atoms with Gasteiger partial charge in [0.15, 0.2) is 0 Å². The molecule has 0 unspecified atom stereocenters. The average molecular weight is 443 g/mol. The maximum Gasteiger partial charge on any atom is 0.282 e. The number of aryl methyl sites for hydroxylation is 3. The lowest BCUT2D eigenvalue weighted by Crippen LogP contribution is -2.32. The molecule has 4 rings (SSSR count). The Hall–Kier alpha value is -4.06. The summed E-state index contributed by atoms with van der Waals surface area (Å²) in [5, 5.41) is 3.17. The molecule has 0 fully saturated rings. The fourth-order valence-corrected chi connectivity index (χ4v) is 3.76. The van der Waals surface area contributed by atoms with Gasteiger partial charge in [-0.3, -0.25) is 9.59 Å². The number of methoxy groups -OCH3 is 2. The molecule has 2 amide bonds. The van der Waals surface area contributed by atoms with Crippen LogP contribution in [0.1, 0.15) is 22.3 Å². The molecule has 0 atom stereocenters. The van der Waals surface area contributed by atoms with Crippen LogP contribution in [-0.4, -0.2) is 26.0 Å². The first kappa shape index (κ1) is 22.1. The van der Waals surface area contributed by atoms with Crippen LogP contribution in [0.25, 0.3) is 5.57 Å². The molecule has 0 bridgehead atoms. The maximum atomic E-state index is 13.6. The van der Waals surface area contributed by atoms with Gasteiger partial charge in [0, 0.05) is 23.9 Å². The first-order chi connectivity index (χ1) is 15.8. The van der Waals surface area contributed by atoms with Gasteiger partial charge in [-0.05, 0) is 49.6 Å². The molecule has 0 radical (unpaired) electrons. The lowest BCUT2D eigenvalue weighted by atomic mass is 10.0. The molecule has 0 saturated carbocycles. The molecule has 33 heavy (non-hydrogen) atoms. The summed E-state index contributed by atoms with van der Waals surface area (Å²) in [6.45, 7) is 5.93.